The van der Waals surface area contributed by atoms with Crippen molar-refractivity contribution in [1.82, 2.24) is 4.57 Å². The van der Waals surface area contributed by atoms with Gasteiger partial charge in [0.25, 0.3) is 0 Å². The largest absolute Gasteiger partial charge is 0.416 e. The molecule has 0 bridgehead atoms. The molecule has 7 nitrogen and oxygen atoms in total. The van der Waals surface area contributed by atoms with Crippen LogP contribution < -0.4 is 15.1 Å². The van der Waals surface area contributed by atoms with E-state index in [9.17, 15) is 36.7 Å². The van der Waals surface area contributed by atoms with Crippen molar-refractivity contribution < 1.29 is 31.9 Å². The van der Waals surface area contributed by atoms with E-state index >= 15 is 0 Å². The Kier molecular flexibility index (Phi) is 7.43. The number of thioether (sulfide) groups is 1. The van der Waals surface area contributed by atoms with Crippen LogP contribution >= 0.6 is 34.7 Å². The quantitative estimate of drug-likeness (QED) is 0.207. The minimum absolute atomic E-state index is 0.235. The van der Waals surface area contributed by atoms with Crippen molar-refractivity contribution in [2.45, 2.75) is 28.9 Å². The lowest BCUT2D eigenvalue weighted by atomic mass is 9.83. The molecule has 3 heterocycles. The average molecular weight is 648 g/mol. The van der Waals surface area contributed by atoms with Crippen LogP contribution in [-0.2, 0) is 27.1 Å². The fourth-order valence-electron chi connectivity index (χ4n) is 5.24. The topological polar surface area (TPSA) is 88.5 Å². The average Bonchev–Trinajstić information content (AvgIpc) is 3.40. The summed E-state index contributed by atoms with van der Waals surface area (Å²) in [5.41, 5.74) is -0.385. The zero-order valence-corrected chi connectivity index (χ0v) is 24.0. The first-order valence-electron chi connectivity index (χ1n) is 12.7. The summed E-state index contributed by atoms with van der Waals surface area (Å²) in [7, 11) is 0. The Hall–Kier alpha value is -3.94. The van der Waals surface area contributed by atoms with Crippen LogP contribution in [0.1, 0.15) is 21.9 Å². The lowest BCUT2D eigenvalue weighted by Gasteiger charge is -2.30. The number of anilines is 2. The first-order valence-corrected chi connectivity index (χ1v) is 14.8. The van der Waals surface area contributed by atoms with E-state index in [1.165, 1.54) is 34.9 Å². The van der Waals surface area contributed by atoms with E-state index in [1.54, 1.807) is 24.3 Å². The molecule has 4 aromatic rings. The monoisotopic (exact) mass is 647 g/mol. The van der Waals surface area contributed by atoms with Crippen LogP contribution in [0.2, 0.25) is 5.02 Å². The van der Waals surface area contributed by atoms with Gasteiger partial charge in [-0.1, -0.05) is 52.9 Å². The minimum atomic E-state index is -4.70. The number of benzene rings is 3. The molecule has 6 rings (SSSR count). The molecular formula is C29H18ClF4N3O4S2. The molecule has 3 amide bonds. The Morgan fingerprint density at radius 2 is 1.65 bits per heavy atom. The van der Waals surface area contributed by atoms with Gasteiger partial charge in [0.05, 0.1) is 22.2 Å². The van der Waals surface area contributed by atoms with Crippen molar-refractivity contribution >= 4 is 63.8 Å². The van der Waals surface area contributed by atoms with E-state index in [-0.39, 0.29) is 10.7 Å². The Bertz CT molecular complexity index is 1820. The molecule has 43 heavy (non-hydrogen) atoms. The lowest BCUT2D eigenvalue weighted by molar-refractivity contribution is -0.137. The number of hydrogen-bond acceptors (Lipinski definition) is 6. The molecule has 1 fully saturated rings. The maximum absolute atomic E-state index is 13.9. The van der Waals surface area contributed by atoms with Crippen molar-refractivity contribution in [2.24, 2.45) is 5.92 Å². The van der Waals surface area contributed by atoms with Gasteiger partial charge < -0.3 is 5.32 Å². The molecule has 0 spiro atoms. The number of fused-ring (bicyclic) bond motifs is 2. The Labute approximate surface area is 254 Å². The van der Waals surface area contributed by atoms with Gasteiger partial charge in [0, 0.05) is 21.5 Å². The maximum atomic E-state index is 13.9. The van der Waals surface area contributed by atoms with Gasteiger partial charge in [-0.15, -0.1) is 0 Å². The van der Waals surface area contributed by atoms with E-state index in [0.29, 0.717) is 21.2 Å². The molecule has 3 atom stereocenters. The fraction of sp³-hybridized carbons (Fsp3) is 0.172. The van der Waals surface area contributed by atoms with Crippen molar-refractivity contribution in [1.29, 1.82) is 0 Å². The molecule has 2 aliphatic rings. The highest BCUT2D eigenvalue weighted by molar-refractivity contribution is 8.00. The van der Waals surface area contributed by atoms with Gasteiger partial charge in [0.2, 0.25) is 17.7 Å². The number of rotatable bonds is 5. The summed E-state index contributed by atoms with van der Waals surface area (Å²) in [5, 5.41) is 2.30. The number of aromatic nitrogens is 1. The molecule has 3 aromatic carbocycles. The highest BCUT2D eigenvalue weighted by Gasteiger charge is 2.57. The van der Waals surface area contributed by atoms with Crippen LogP contribution in [0.5, 0.6) is 0 Å². The molecule has 1 saturated heterocycles. The second-order valence-corrected chi connectivity index (χ2v) is 12.4. The van der Waals surface area contributed by atoms with Crippen LogP contribution in [0.4, 0.5) is 28.9 Å². The Morgan fingerprint density at radius 3 is 2.33 bits per heavy atom. The summed E-state index contributed by atoms with van der Waals surface area (Å²) >= 11 is 7.60. The van der Waals surface area contributed by atoms with E-state index in [2.05, 4.69) is 5.32 Å². The van der Waals surface area contributed by atoms with Gasteiger partial charge >= 0.3 is 11.0 Å². The molecular weight excluding hydrogens is 630 g/mol. The SMILES string of the molecule is O=C(Cn1c2c(sc1=O)[C@@H](c1ccc(F)cc1)[C@H]1C(=O)N(c3cccc(C(F)(F)F)c3)C(=O)[C@H]1S2)Nc1ccc(Cl)cc1. The van der Waals surface area contributed by atoms with Gasteiger partial charge in [-0.25, -0.2) is 9.29 Å². The van der Waals surface area contributed by atoms with Crippen molar-refractivity contribution in [3.8, 4) is 0 Å². The fourth-order valence-corrected chi connectivity index (χ4v) is 8.14. The first-order chi connectivity index (χ1) is 20.4. The molecule has 0 aliphatic carbocycles. The normalized spacial score (nSPS) is 19.7. The smallest absolute Gasteiger partial charge is 0.325 e. The number of nitrogens with zero attached hydrogens (tertiary/aromatic N) is 2. The third-order valence-electron chi connectivity index (χ3n) is 7.14. The minimum Gasteiger partial charge on any atom is -0.325 e. The van der Waals surface area contributed by atoms with Crippen LogP contribution in [0.25, 0.3) is 0 Å². The van der Waals surface area contributed by atoms with Gasteiger partial charge in [-0.2, -0.15) is 13.2 Å². The van der Waals surface area contributed by atoms with E-state index in [1.807, 2.05) is 0 Å². The maximum Gasteiger partial charge on any atom is 0.416 e. The zero-order valence-electron chi connectivity index (χ0n) is 21.6. The molecule has 1 N–H and O–H groups in total. The molecule has 0 radical (unpaired) electrons. The number of amides is 3. The summed E-state index contributed by atoms with van der Waals surface area (Å²) < 4.78 is 55.4. The predicted molar refractivity (Wildman–Crippen MR) is 154 cm³/mol. The molecule has 220 valence electrons. The number of carbonyl (C=O) groups excluding carboxylic acids is 3. The number of hydrogen-bond donors (Lipinski definition) is 1. The van der Waals surface area contributed by atoms with Gasteiger partial charge in [0.15, 0.2) is 0 Å². The predicted octanol–water partition coefficient (Wildman–Crippen LogP) is 6.16. The van der Waals surface area contributed by atoms with E-state index < -0.39 is 63.8 Å². The van der Waals surface area contributed by atoms with Crippen LogP contribution in [0, 0.1) is 11.7 Å². The summed E-state index contributed by atoms with van der Waals surface area (Å²) in [6.07, 6.45) is -4.70. The standard InChI is InChI=1S/C29H18ClF4N3O4S2/c30-16-6-10-18(11-7-16)35-20(38)13-36-27-24(43-28(36)41)21(14-4-8-17(31)9-5-14)22-23(42-27)26(40)37(25(22)39)19-3-1-2-15(12-19)29(32,33)34/h1-12,21-23H,13H2,(H,35,38)/t21-,22+,23-/m0/s1. The van der Waals surface area contributed by atoms with E-state index in [4.69, 9.17) is 11.6 Å². The Balaban J connectivity index is 1.40. The van der Waals surface area contributed by atoms with Crippen LogP contribution in [0.15, 0.2) is 82.6 Å². The number of thiazole rings is 1. The molecule has 0 unspecified atom stereocenters. The highest BCUT2D eigenvalue weighted by atomic mass is 35.5. The van der Waals surface area contributed by atoms with Crippen LogP contribution in [0.3, 0.4) is 0 Å². The Morgan fingerprint density at radius 1 is 0.953 bits per heavy atom. The number of nitrogens with one attached hydrogen (secondary N) is 1. The third-order valence-corrected chi connectivity index (χ3v) is 10.00. The second kappa shape index (κ2) is 11.0. The highest BCUT2D eigenvalue weighted by Crippen LogP contribution is 2.54. The lowest BCUT2D eigenvalue weighted by Crippen LogP contribution is -2.33. The van der Waals surface area contributed by atoms with Crippen molar-refractivity contribution in [3.63, 3.8) is 0 Å². The second-order valence-electron chi connectivity index (χ2n) is 9.83. The van der Waals surface area contributed by atoms with Gasteiger partial charge in [0.1, 0.15) is 17.6 Å². The van der Waals surface area contributed by atoms with Crippen molar-refractivity contribution in [2.75, 3.05) is 10.2 Å². The summed E-state index contributed by atoms with van der Waals surface area (Å²) in [6.45, 7) is -0.409. The number of imide groups is 1. The summed E-state index contributed by atoms with van der Waals surface area (Å²) in [6, 6.07) is 15.5. The molecule has 14 heteroatoms. The third kappa shape index (κ3) is 5.36. The van der Waals surface area contributed by atoms with Gasteiger partial charge in [-0.05, 0) is 60.2 Å². The van der Waals surface area contributed by atoms with Crippen molar-refractivity contribution in [3.05, 3.63) is 109 Å². The number of halogens is 5. The van der Waals surface area contributed by atoms with Gasteiger partial charge in [-0.3, -0.25) is 23.7 Å². The molecule has 0 saturated carbocycles. The number of carbonyl (C=O) groups is 3. The number of alkyl halides is 3. The summed E-state index contributed by atoms with van der Waals surface area (Å²) in [5.74, 6) is -4.57. The summed E-state index contributed by atoms with van der Waals surface area (Å²) in [4.78, 5) is 54.3. The van der Waals surface area contributed by atoms with Crippen LogP contribution in [-0.4, -0.2) is 27.5 Å². The first kappa shape index (κ1) is 29.1. The zero-order chi connectivity index (χ0) is 30.6. The molecule has 1 aromatic heterocycles. The van der Waals surface area contributed by atoms with E-state index in [0.717, 1.165) is 46.2 Å². The molecule has 2 aliphatic heterocycles.